The van der Waals surface area contributed by atoms with E-state index in [1.165, 1.54) is 50.5 Å². The second kappa shape index (κ2) is 13.0. The average molecular weight is 383 g/mol. The van der Waals surface area contributed by atoms with Crippen LogP contribution in [-0.4, -0.2) is 20.0 Å². The lowest BCUT2D eigenvalue weighted by atomic mass is 10.0. The molecule has 0 radical (unpaired) electrons. The van der Waals surface area contributed by atoms with E-state index in [0.717, 1.165) is 12.8 Å². The molecule has 0 fully saturated rings. The summed E-state index contributed by atoms with van der Waals surface area (Å²) < 4.78 is 10.5. The predicted octanol–water partition coefficient (Wildman–Crippen LogP) is 6.64. The van der Waals surface area contributed by atoms with Crippen LogP contribution in [0.1, 0.15) is 73.7 Å². The molecular formula is C25H34O3. The van der Waals surface area contributed by atoms with E-state index in [9.17, 15) is 4.79 Å². The Morgan fingerprint density at radius 1 is 0.750 bits per heavy atom. The van der Waals surface area contributed by atoms with Gasteiger partial charge in [-0.3, -0.25) is 4.79 Å². The van der Waals surface area contributed by atoms with E-state index in [0.29, 0.717) is 23.5 Å². The summed E-state index contributed by atoms with van der Waals surface area (Å²) in [5, 5.41) is 0. The first-order valence-electron chi connectivity index (χ1n) is 10.5. The quantitative estimate of drug-likeness (QED) is 0.271. The van der Waals surface area contributed by atoms with Gasteiger partial charge in [0.25, 0.3) is 0 Å². The molecule has 0 aromatic heterocycles. The monoisotopic (exact) mass is 382 g/mol. The van der Waals surface area contributed by atoms with Crippen LogP contribution in [0.5, 0.6) is 11.5 Å². The predicted molar refractivity (Wildman–Crippen MR) is 116 cm³/mol. The number of hydrogen-bond acceptors (Lipinski definition) is 3. The molecule has 0 aliphatic rings. The molecule has 0 saturated carbocycles. The molecule has 0 bridgehead atoms. The smallest absolute Gasteiger partial charge is 0.166 e. The minimum Gasteiger partial charge on any atom is -0.497 e. The van der Waals surface area contributed by atoms with Crippen molar-refractivity contribution in [3.63, 3.8) is 0 Å². The Hall–Kier alpha value is -2.29. The third-order valence-electron chi connectivity index (χ3n) is 5.17. The van der Waals surface area contributed by atoms with Crippen LogP contribution < -0.4 is 9.47 Å². The summed E-state index contributed by atoms with van der Waals surface area (Å²) in [4.78, 5) is 12.5. The molecule has 0 N–H and O–H groups in total. The first-order valence-corrected chi connectivity index (χ1v) is 10.5. The maximum Gasteiger partial charge on any atom is 0.166 e. The van der Waals surface area contributed by atoms with Crippen molar-refractivity contribution in [3.05, 3.63) is 59.7 Å². The molecule has 2 rings (SSSR count). The number of ether oxygens (including phenoxy) is 2. The zero-order valence-corrected chi connectivity index (χ0v) is 17.4. The molecule has 0 amide bonds. The molecule has 0 atom stereocenters. The average Bonchev–Trinajstić information content (AvgIpc) is 2.75. The first kappa shape index (κ1) is 22.0. The minimum absolute atomic E-state index is 0.136. The van der Waals surface area contributed by atoms with E-state index in [-0.39, 0.29) is 5.78 Å². The summed E-state index contributed by atoms with van der Waals surface area (Å²) in [6.45, 7) is 0. The Kier molecular flexibility index (Phi) is 10.2. The van der Waals surface area contributed by atoms with Gasteiger partial charge in [-0.25, -0.2) is 0 Å². The van der Waals surface area contributed by atoms with Crippen molar-refractivity contribution in [2.75, 3.05) is 14.2 Å². The number of carbonyl (C=O) groups excluding carboxylic acids is 1. The molecule has 0 aliphatic carbocycles. The molecule has 3 nitrogen and oxygen atoms in total. The van der Waals surface area contributed by atoms with E-state index in [4.69, 9.17) is 9.47 Å². The van der Waals surface area contributed by atoms with Gasteiger partial charge in [0.15, 0.2) is 5.78 Å². The Balaban J connectivity index is 1.53. The van der Waals surface area contributed by atoms with Gasteiger partial charge in [-0.1, -0.05) is 68.9 Å². The zero-order chi connectivity index (χ0) is 20.0. The topological polar surface area (TPSA) is 35.5 Å². The molecule has 0 aliphatic heterocycles. The lowest BCUT2D eigenvalue weighted by Crippen LogP contribution is -2.03. The Bertz CT molecular complexity index is 694. The number of hydrogen-bond donors (Lipinski definition) is 0. The highest BCUT2D eigenvalue weighted by molar-refractivity contribution is 5.99. The van der Waals surface area contributed by atoms with E-state index < -0.39 is 0 Å². The lowest BCUT2D eigenvalue weighted by molar-refractivity contribution is 0.0975. The van der Waals surface area contributed by atoms with Gasteiger partial charge in [-0.05, 0) is 43.0 Å². The number of carbonyl (C=O) groups is 1. The van der Waals surface area contributed by atoms with Gasteiger partial charge < -0.3 is 9.47 Å². The number of unbranched alkanes of at least 4 members (excludes halogenated alkanes) is 7. The molecule has 0 saturated heterocycles. The van der Waals surface area contributed by atoms with Crippen molar-refractivity contribution >= 4 is 5.78 Å². The largest absolute Gasteiger partial charge is 0.497 e. The van der Waals surface area contributed by atoms with Crippen LogP contribution in [-0.2, 0) is 6.42 Å². The molecule has 3 heteroatoms. The van der Waals surface area contributed by atoms with Gasteiger partial charge in [0.2, 0.25) is 0 Å². The number of aryl methyl sites for hydroxylation is 1. The maximum absolute atomic E-state index is 12.5. The fraction of sp³-hybridized carbons (Fsp3) is 0.480. The van der Waals surface area contributed by atoms with Gasteiger partial charge >= 0.3 is 0 Å². The van der Waals surface area contributed by atoms with Gasteiger partial charge in [0.1, 0.15) is 11.5 Å². The SMILES string of the molecule is COc1ccc(OC)c(C(=O)CCCCCCCCCCc2ccccc2)c1. The molecule has 0 spiro atoms. The second-order valence-corrected chi connectivity index (χ2v) is 7.30. The van der Waals surface area contributed by atoms with Gasteiger partial charge in [-0.15, -0.1) is 0 Å². The second-order valence-electron chi connectivity index (χ2n) is 7.30. The van der Waals surface area contributed by atoms with Crippen molar-refractivity contribution < 1.29 is 14.3 Å². The van der Waals surface area contributed by atoms with Crippen LogP contribution in [0.4, 0.5) is 0 Å². The lowest BCUT2D eigenvalue weighted by Gasteiger charge is -2.09. The van der Waals surface area contributed by atoms with Crippen LogP contribution in [0.2, 0.25) is 0 Å². The summed E-state index contributed by atoms with van der Waals surface area (Å²) in [6, 6.07) is 16.1. The number of ketones is 1. The number of rotatable bonds is 14. The molecule has 2 aromatic rings. The summed E-state index contributed by atoms with van der Waals surface area (Å²) >= 11 is 0. The van der Waals surface area contributed by atoms with Crippen LogP contribution >= 0.6 is 0 Å². The van der Waals surface area contributed by atoms with E-state index in [2.05, 4.69) is 30.3 Å². The van der Waals surface area contributed by atoms with Gasteiger partial charge in [0, 0.05) is 6.42 Å². The highest BCUT2D eigenvalue weighted by Crippen LogP contribution is 2.26. The van der Waals surface area contributed by atoms with Crippen LogP contribution in [0.15, 0.2) is 48.5 Å². The minimum atomic E-state index is 0.136. The molecule has 2 aromatic carbocycles. The highest BCUT2D eigenvalue weighted by Gasteiger charge is 2.13. The van der Waals surface area contributed by atoms with Crippen LogP contribution in [0.25, 0.3) is 0 Å². The van der Waals surface area contributed by atoms with E-state index in [1.54, 1.807) is 26.4 Å². The normalized spacial score (nSPS) is 10.6. The molecule has 152 valence electrons. The maximum atomic E-state index is 12.5. The third kappa shape index (κ3) is 7.75. The van der Waals surface area contributed by atoms with Crippen molar-refractivity contribution in [3.8, 4) is 11.5 Å². The van der Waals surface area contributed by atoms with Gasteiger partial charge in [0.05, 0.1) is 19.8 Å². The van der Waals surface area contributed by atoms with Crippen molar-refractivity contribution in [1.29, 1.82) is 0 Å². The number of benzene rings is 2. The van der Waals surface area contributed by atoms with E-state index >= 15 is 0 Å². The van der Waals surface area contributed by atoms with Crippen molar-refractivity contribution in [2.45, 2.75) is 64.2 Å². The van der Waals surface area contributed by atoms with Crippen LogP contribution in [0.3, 0.4) is 0 Å². The fourth-order valence-electron chi connectivity index (χ4n) is 3.49. The molecule has 28 heavy (non-hydrogen) atoms. The molecular weight excluding hydrogens is 348 g/mol. The third-order valence-corrected chi connectivity index (χ3v) is 5.17. The van der Waals surface area contributed by atoms with Crippen molar-refractivity contribution in [1.82, 2.24) is 0 Å². The molecule has 0 heterocycles. The summed E-state index contributed by atoms with van der Waals surface area (Å²) in [7, 11) is 3.20. The Morgan fingerprint density at radius 2 is 1.39 bits per heavy atom. The number of Topliss-reactive ketones (excluding diaryl/α,β-unsaturated/α-hetero) is 1. The standard InChI is InChI=1S/C25H34O3/c1-27-22-18-19-25(28-2)23(20-22)24(26)17-13-8-6-4-3-5-7-10-14-21-15-11-9-12-16-21/h9,11-12,15-16,18-20H,3-8,10,13-14,17H2,1-2H3. The Labute approximate surface area is 170 Å². The summed E-state index contributed by atoms with van der Waals surface area (Å²) in [6.07, 6.45) is 11.5. The van der Waals surface area contributed by atoms with Gasteiger partial charge in [-0.2, -0.15) is 0 Å². The Morgan fingerprint density at radius 3 is 2.04 bits per heavy atom. The van der Waals surface area contributed by atoms with E-state index in [1.807, 2.05) is 6.07 Å². The first-order chi connectivity index (χ1) is 13.7. The van der Waals surface area contributed by atoms with Crippen LogP contribution in [0, 0.1) is 0 Å². The molecule has 0 unspecified atom stereocenters. The van der Waals surface area contributed by atoms with Crippen molar-refractivity contribution in [2.24, 2.45) is 0 Å². The summed E-state index contributed by atoms with van der Waals surface area (Å²) in [5.41, 5.74) is 2.07. The number of methoxy groups -OCH3 is 2. The summed E-state index contributed by atoms with van der Waals surface area (Å²) in [5.74, 6) is 1.45. The zero-order valence-electron chi connectivity index (χ0n) is 17.4. The highest BCUT2D eigenvalue weighted by atomic mass is 16.5. The fourth-order valence-corrected chi connectivity index (χ4v) is 3.49.